The predicted octanol–water partition coefficient (Wildman–Crippen LogP) is 1.34. The van der Waals surface area contributed by atoms with Crippen LogP contribution in [0.4, 0.5) is 0 Å². The van der Waals surface area contributed by atoms with Crippen LogP contribution >= 0.6 is 15.9 Å². The molecule has 1 fully saturated rings. The molecule has 94 valence electrons. The minimum absolute atomic E-state index is 0.195. The maximum Gasteiger partial charge on any atom is 0.243 e. The first kappa shape index (κ1) is 13.0. The van der Waals surface area contributed by atoms with Gasteiger partial charge in [-0.15, -0.1) is 0 Å². The van der Waals surface area contributed by atoms with E-state index in [9.17, 15) is 13.5 Å². The average Bonchev–Trinajstić information content (AvgIpc) is 2.76. The van der Waals surface area contributed by atoms with E-state index < -0.39 is 16.1 Å². The first-order valence-corrected chi connectivity index (χ1v) is 7.93. The van der Waals surface area contributed by atoms with E-state index in [1.165, 1.54) is 4.31 Å². The van der Waals surface area contributed by atoms with Gasteiger partial charge in [-0.3, -0.25) is 0 Å². The van der Waals surface area contributed by atoms with E-state index in [0.29, 0.717) is 23.2 Å². The van der Waals surface area contributed by atoms with Gasteiger partial charge in [-0.05, 0) is 24.1 Å². The SMILES string of the molecule is O=S(=O)(c1cccc(CBr)c1)N1CC[C@H](O)C1. The Balaban J connectivity index is 2.31. The molecule has 2 rings (SSSR count). The summed E-state index contributed by atoms with van der Waals surface area (Å²) in [6, 6.07) is 6.85. The number of halogens is 1. The molecule has 1 atom stereocenters. The van der Waals surface area contributed by atoms with Crippen molar-refractivity contribution in [3.63, 3.8) is 0 Å². The van der Waals surface area contributed by atoms with Crippen molar-refractivity contribution in [1.82, 2.24) is 4.31 Å². The standard InChI is InChI=1S/C11H14BrNO3S/c12-7-9-2-1-3-11(6-9)17(15,16)13-5-4-10(14)8-13/h1-3,6,10,14H,4-5,7-8H2/t10-/m0/s1. The average molecular weight is 320 g/mol. The van der Waals surface area contributed by atoms with E-state index in [4.69, 9.17) is 0 Å². The molecule has 0 radical (unpaired) electrons. The summed E-state index contributed by atoms with van der Waals surface area (Å²) >= 11 is 3.30. The van der Waals surface area contributed by atoms with Crippen molar-refractivity contribution in [2.24, 2.45) is 0 Å². The Labute approximate surface area is 109 Å². The monoisotopic (exact) mass is 319 g/mol. The molecule has 1 heterocycles. The second kappa shape index (κ2) is 5.06. The van der Waals surface area contributed by atoms with Gasteiger partial charge >= 0.3 is 0 Å². The summed E-state index contributed by atoms with van der Waals surface area (Å²) in [5.41, 5.74) is 0.922. The molecule has 1 aromatic rings. The molecule has 0 aliphatic carbocycles. The van der Waals surface area contributed by atoms with Gasteiger partial charge in [0, 0.05) is 18.4 Å². The molecule has 1 aromatic carbocycles. The number of rotatable bonds is 3. The zero-order valence-corrected chi connectivity index (χ0v) is 11.6. The van der Waals surface area contributed by atoms with Gasteiger partial charge in [0.2, 0.25) is 10.0 Å². The van der Waals surface area contributed by atoms with E-state index in [0.717, 1.165) is 5.56 Å². The second-order valence-corrected chi connectivity index (χ2v) is 6.59. The Kier molecular flexibility index (Phi) is 3.87. The molecule has 6 heteroatoms. The molecule has 0 bridgehead atoms. The van der Waals surface area contributed by atoms with Crippen LogP contribution in [-0.2, 0) is 15.4 Å². The molecule has 1 saturated heterocycles. The van der Waals surface area contributed by atoms with Crippen LogP contribution < -0.4 is 0 Å². The van der Waals surface area contributed by atoms with Crippen LogP contribution in [0.25, 0.3) is 0 Å². The van der Waals surface area contributed by atoms with Gasteiger partial charge in [0.25, 0.3) is 0 Å². The van der Waals surface area contributed by atoms with Crippen molar-refractivity contribution in [2.45, 2.75) is 22.8 Å². The number of benzene rings is 1. The lowest BCUT2D eigenvalue weighted by Gasteiger charge is -2.16. The molecular formula is C11H14BrNO3S. The van der Waals surface area contributed by atoms with Crippen LogP contribution in [-0.4, -0.2) is 37.0 Å². The van der Waals surface area contributed by atoms with Crippen LogP contribution in [0.5, 0.6) is 0 Å². The molecule has 1 aliphatic rings. The quantitative estimate of drug-likeness (QED) is 0.855. The lowest BCUT2D eigenvalue weighted by atomic mass is 10.2. The molecule has 0 saturated carbocycles. The summed E-state index contributed by atoms with van der Waals surface area (Å²) in [6.07, 6.45) is -0.0266. The molecule has 4 nitrogen and oxygen atoms in total. The van der Waals surface area contributed by atoms with Crippen molar-refractivity contribution in [1.29, 1.82) is 0 Å². The lowest BCUT2D eigenvalue weighted by molar-refractivity contribution is 0.189. The third-order valence-corrected chi connectivity index (χ3v) is 5.33. The van der Waals surface area contributed by atoms with Gasteiger partial charge in [-0.25, -0.2) is 8.42 Å². The van der Waals surface area contributed by atoms with E-state index in [2.05, 4.69) is 15.9 Å². The third kappa shape index (κ3) is 2.70. The van der Waals surface area contributed by atoms with Crippen molar-refractivity contribution >= 4 is 26.0 Å². The van der Waals surface area contributed by atoms with Crippen LogP contribution in [0.1, 0.15) is 12.0 Å². The van der Waals surface area contributed by atoms with Gasteiger partial charge in [0.1, 0.15) is 0 Å². The fourth-order valence-electron chi connectivity index (χ4n) is 1.87. The Morgan fingerprint density at radius 1 is 1.47 bits per heavy atom. The topological polar surface area (TPSA) is 57.6 Å². The fourth-order valence-corrected chi connectivity index (χ4v) is 3.78. The third-order valence-electron chi connectivity index (χ3n) is 2.82. The van der Waals surface area contributed by atoms with Crippen molar-refractivity contribution < 1.29 is 13.5 Å². The van der Waals surface area contributed by atoms with Crippen LogP contribution in [0.15, 0.2) is 29.2 Å². The zero-order chi connectivity index (χ0) is 12.5. The molecule has 0 aromatic heterocycles. The number of β-amino-alcohol motifs (C(OH)–C–C–N with tert-alkyl or cyclic N) is 1. The summed E-state index contributed by atoms with van der Waals surface area (Å²) in [4.78, 5) is 0.295. The number of aliphatic hydroxyl groups is 1. The fraction of sp³-hybridized carbons (Fsp3) is 0.455. The lowest BCUT2D eigenvalue weighted by Crippen LogP contribution is -2.29. The van der Waals surface area contributed by atoms with E-state index in [-0.39, 0.29) is 6.54 Å². The molecule has 0 spiro atoms. The number of hydrogen-bond donors (Lipinski definition) is 1. The highest BCUT2D eigenvalue weighted by Gasteiger charge is 2.31. The molecule has 0 unspecified atom stereocenters. The number of hydrogen-bond acceptors (Lipinski definition) is 3. The van der Waals surface area contributed by atoms with Gasteiger partial charge in [0.05, 0.1) is 11.0 Å². The van der Waals surface area contributed by atoms with Crippen molar-refractivity contribution in [3.8, 4) is 0 Å². The van der Waals surface area contributed by atoms with Gasteiger partial charge in [-0.1, -0.05) is 28.1 Å². The van der Waals surface area contributed by atoms with E-state index in [1.807, 2.05) is 6.07 Å². The predicted molar refractivity (Wildman–Crippen MR) is 68.5 cm³/mol. The van der Waals surface area contributed by atoms with Crippen LogP contribution in [0.3, 0.4) is 0 Å². The molecule has 0 amide bonds. The van der Waals surface area contributed by atoms with Crippen molar-refractivity contribution in [2.75, 3.05) is 13.1 Å². The maximum absolute atomic E-state index is 12.2. The zero-order valence-electron chi connectivity index (χ0n) is 9.21. The first-order chi connectivity index (χ1) is 8.04. The number of alkyl halides is 1. The van der Waals surface area contributed by atoms with Crippen LogP contribution in [0.2, 0.25) is 0 Å². The Morgan fingerprint density at radius 3 is 2.82 bits per heavy atom. The Morgan fingerprint density at radius 2 is 2.24 bits per heavy atom. The largest absolute Gasteiger partial charge is 0.392 e. The van der Waals surface area contributed by atoms with E-state index >= 15 is 0 Å². The summed E-state index contributed by atoms with van der Waals surface area (Å²) in [5, 5.41) is 10.0. The number of sulfonamides is 1. The molecule has 1 N–H and O–H groups in total. The summed E-state index contributed by atoms with van der Waals surface area (Å²) in [5.74, 6) is 0. The smallest absolute Gasteiger partial charge is 0.243 e. The van der Waals surface area contributed by atoms with Gasteiger partial charge < -0.3 is 5.11 Å². The minimum Gasteiger partial charge on any atom is -0.392 e. The van der Waals surface area contributed by atoms with Gasteiger partial charge in [-0.2, -0.15) is 4.31 Å². The first-order valence-electron chi connectivity index (χ1n) is 5.37. The highest BCUT2D eigenvalue weighted by atomic mass is 79.9. The van der Waals surface area contributed by atoms with Crippen molar-refractivity contribution in [3.05, 3.63) is 29.8 Å². The summed E-state index contributed by atoms with van der Waals surface area (Å²) in [7, 11) is -3.45. The molecule has 1 aliphatic heterocycles. The van der Waals surface area contributed by atoms with E-state index in [1.54, 1.807) is 18.2 Å². The number of nitrogens with zero attached hydrogens (tertiary/aromatic N) is 1. The summed E-state index contributed by atoms with van der Waals surface area (Å²) < 4.78 is 25.8. The second-order valence-electron chi connectivity index (χ2n) is 4.09. The van der Waals surface area contributed by atoms with Gasteiger partial charge in [0.15, 0.2) is 0 Å². The van der Waals surface area contributed by atoms with Crippen LogP contribution in [0, 0.1) is 0 Å². The molecule has 17 heavy (non-hydrogen) atoms. The normalized spacial score (nSPS) is 21.9. The Hall–Kier alpha value is -0.430. The highest BCUT2D eigenvalue weighted by Crippen LogP contribution is 2.22. The molecular weight excluding hydrogens is 306 g/mol. The highest BCUT2D eigenvalue weighted by molar-refractivity contribution is 9.08. The maximum atomic E-state index is 12.2. The minimum atomic E-state index is -3.45. The number of aliphatic hydroxyl groups excluding tert-OH is 1. The summed E-state index contributed by atoms with van der Waals surface area (Å²) in [6.45, 7) is 0.586. The Bertz CT molecular complexity index is 503.